The smallest absolute Gasteiger partial charge is 0.129 e. The number of benzene rings is 2. The Bertz CT molecular complexity index is 569. The van der Waals surface area contributed by atoms with Gasteiger partial charge in [0.15, 0.2) is 0 Å². The molecule has 0 heterocycles. The fourth-order valence-electron chi connectivity index (χ4n) is 2.18. The number of hydrogen-bond acceptors (Lipinski definition) is 1. The highest BCUT2D eigenvalue weighted by Gasteiger charge is 2.15. The Morgan fingerprint density at radius 1 is 1.05 bits per heavy atom. The molecule has 106 valence electrons. The van der Waals surface area contributed by atoms with Crippen molar-refractivity contribution in [2.45, 2.75) is 19.4 Å². The Balaban J connectivity index is 2.24. The van der Waals surface area contributed by atoms with E-state index in [0.29, 0.717) is 22.0 Å². The van der Waals surface area contributed by atoms with Gasteiger partial charge >= 0.3 is 0 Å². The van der Waals surface area contributed by atoms with Crippen LogP contribution < -0.4 is 5.32 Å². The van der Waals surface area contributed by atoms with Crippen molar-refractivity contribution in [3.05, 3.63) is 69.5 Å². The minimum atomic E-state index is -0.280. The van der Waals surface area contributed by atoms with E-state index in [1.807, 2.05) is 31.2 Å². The van der Waals surface area contributed by atoms with E-state index in [1.165, 1.54) is 6.07 Å². The van der Waals surface area contributed by atoms with Crippen LogP contribution >= 0.6 is 23.2 Å². The van der Waals surface area contributed by atoms with Crippen molar-refractivity contribution in [3.8, 4) is 0 Å². The quantitative estimate of drug-likeness (QED) is 0.817. The minimum Gasteiger partial charge on any atom is -0.310 e. The monoisotopic (exact) mass is 311 g/mol. The SMILES string of the molecule is CCNC(Cc1ccc(Cl)cc1)c1ccc(Cl)cc1F. The van der Waals surface area contributed by atoms with Crippen LogP contribution in [0, 0.1) is 5.82 Å². The molecule has 0 aliphatic heterocycles. The van der Waals surface area contributed by atoms with Gasteiger partial charge in [0.05, 0.1) is 0 Å². The number of hydrogen-bond donors (Lipinski definition) is 1. The highest BCUT2D eigenvalue weighted by molar-refractivity contribution is 6.30. The van der Waals surface area contributed by atoms with E-state index in [2.05, 4.69) is 5.32 Å². The molecule has 1 atom stereocenters. The molecule has 1 unspecified atom stereocenters. The average molecular weight is 312 g/mol. The molecule has 0 aromatic heterocycles. The molecule has 2 aromatic carbocycles. The van der Waals surface area contributed by atoms with Crippen molar-refractivity contribution in [1.29, 1.82) is 0 Å². The second-order valence-corrected chi connectivity index (χ2v) is 5.48. The van der Waals surface area contributed by atoms with Crippen molar-refractivity contribution in [2.75, 3.05) is 6.54 Å². The fraction of sp³-hybridized carbons (Fsp3) is 0.250. The topological polar surface area (TPSA) is 12.0 Å². The van der Waals surface area contributed by atoms with Crippen molar-refractivity contribution in [1.82, 2.24) is 5.32 Å². The van der Waals surface area contributed by atoms with Gasteiger partial charge < -0.3 is 5.32 Å². The standard InChI is InChI=1S/C16H16Cl2FN/c1-2-20-16(9-11-3-5-12(17)6-4-11)14-8-7-13(18)10-15(14)19/h3-8,10,16,20H,2,9H2,1H3. The summed E-state index contributed by atoms with van der Waals surface area (Å²) in [5.41, 5.74) is 1.74. The zero-order valence-corrected chi connectivity index (χ0v) is 12.7. The third-order valence-corrected chi connectivity index (χ3v) is 3.63. The van der Waals surface area contributed by atoms with Gasteiger partial charge in [-0.1, -0.05) is 48.3 Å². The van der Waals surface area contributed by atoms with E-state index in [9.17, 15) is 4.39 Å². The third-order valence-electron chi connectivity index (χ3n) is 3.14. The predicted molar refractivity (Wildman–Crippen MR) is 83.0 cm³/mol. The summed E-state index contributed by atoms with van der Waals surface area (Å²) in [5, 5.41) is 4.42. The first-order chi connectivity index (χ1) is 9.60. The van der Waals surface area contributed by atoms with Crippen molar-refractivity contribution >= 4 is 23.2 Å². The summed E-state index contributed by atoms with van der Waals surface area (Å²) in [4.78, 5) is 0. The molecule has 0 bridgehead atoms. The van der Waals surface area contributed by atoms with E-state index < -0.39 is 0 Å². The molecule has 0 fully saturated rings. The number of halogens is 3. The van der Waals surface area contributed by atoms with Gasteiger partial charge in [-0.25, -0.2) is 4.39 Å². The van der Waals surface area contributed by atoms with Crippen LogP contribution in [0.2, 0.25) is 10.0 Å². The Morgan fingerprint density at radius 3 is 2.30 bits per heavy atom. The summed E-state index contributed by atoms with van der Waals surface area (Å²) in [7, 11) is 0. The predicted octanol–water partition coefficient (Wildman–Crippen LogP) is 5.03. The molecule has 0 aliphatic carbocycles. The summed E-state index contributed by atoms with van der Waals surface area (Å²) < 4.78 is 14.0. The van der Waals surface area contributed by atoms with Crippen LogP contribution in [0.4, 0.5) is 4.39 Å². The summed E-state index contributed by atoms with van der Waals surface area (Å²) in [5.74, 6) is -0.280. The zero-order chi connectivity index (χ0) is 14.5. The van der Waals surface area contributed by atoms with Crippen LogP contribution in [0.5, 0.6) is 0 Å². The van der Waals surface area contributed by atoms with Crippen LogP contribution in [-0.2, 0) is 6.42 Å². The van der Waals surface area contributed by atoms with Crippen LogP contribution in [0.15, 0.2) is 42.5 Å². The third kappa shape index (κ3) is 3.95. The molecule has 0 spiro atoms. The fourth-order valence-corrected chi connectivity index (χ4v) is 2.46. The van der Waals surface area contributed by atoms with Crippen molar-refractivity contribution < 1.29 is 4.39 Å². The molecule has 4 heteroatoms. The maximum absolute atomic E-state index is 14.0. The normalized spacial score (nSPS) is 12.4. The molecule has 1 N–H and O–H groups in total. The van der Waals surface area contributed by atoms with E-state index in [-0.39, 0.29) is 11.9 Å². The Hall–Kier alpha value is -1.09. The van der Waals surface area contributed by atoms with Gasteiger partial charge in [-0.2, -0.15) is 0 Å². The molecule has 2 rings (SSSR count). The highest BCUT2D eigenvalue weighted by atomic mass is 35.5. The molecule has 0 radical (unpaired) electrons. The van der Waals surface area contributed by atoms with Gasteiger partial charge in [0, 0.05) is 21.7 Å². The average Bonchev–Trinajstić information content (AvgIpc) is 2.41. The summed E-state index contributed by atoms with van der Waals surface area (Å²) in [6, 6.07) is 12.3. The van der Waals surface area contributed by atoms with Gasteiger partial charge in [0.25, 0.3) is 0 Å². The molecule has 0 saturated heterocycles. The maximum Gasteiger partial charge on any atom is 0.129 e. The van der Waals surface area contributed by atoms with E-state index in [0.717, 1.165) is 12.1 Å². The van der Waals surface area contributed by atoms with E-state index in [1.54, 1.807) is 12.1 Å². The zero-order valence-electron chi connectivity index (χ0n) is 11.2. The van der Waals surface area contributed by atoms with Gasteiger partial charge in [0.2, 0.25) is 0 Å². The van der Waals surface area contributed by atoms with E-state index in [4.69, 9.17) is 23.2 Å². The lowest BCUT2D eigenvalue weighted by atomic mass is 9.98. The largest absolute Gasteiger partial charge is 0.310 e. The molecular weight excluding hydrogens is 296 g/mol. The lowest BCUT2D eigenvalue weighted by Crippen LogP contribution is -2.24. The molecule has 20 heavy (non-hydrogen) atoms. The van der Waals surface area contributed by atoms with Crippen LogP contribution in [0.3, 0.4) is 0 Å². The van der Waals surface area contributed by atoms with Gasteiger partial charge in [-0.15, -0.1) is 0 Å². The lowest BCUT2D eigenvalue weighted by Gasteiger charge is -2.19. The Kier molecular flexibility index (Phi) is 5.41. The number of likely N-dealkylation sites (N-methyl/N-ethyl adjacent to an activating group) is 1. The molecule has 1 nitrogen and oxygen atoms in total. The van der Waals surface area contributed by atoms with Gasteiger partial charge in [0.1, 0.15) is 5.82 Å². The minimum absolute atomic E-state index is 0.0848. The number of nitrogens with one attached hydrogen (secondary N) is 1. The second-order valence-electron chi connectivity index (χ2n) is 4.61. The number of rotatable bonds is 5. The highest BCUT2D eigenvalue weighted by Crippen LogP contribution is 2.24. The van der Waals surface area contributed by atoms with Crippen LogP contribution in [0.25, 0.3) is 0 Å². The first-order valence-corrected chi connectivity index (χ1v) is 7.28. The molecule has 0 aliphatic rings. The summed E-state index contributed by atoms with van der Waals surface area (Å²) in [6.45, 7) is 2.77. The van der Waals surface area contributed by atoms with Gasteiger partial charge in [-0.05, 0) is 42.8 Å². The summed E-state index contributed by atoms with van der Waals surface area (Å²) in [6.07, 6.45) is 0.698. The molecular formula is C16H16Cl2FN. The van der Waals surface area contributed by atoms with E-state index >= 15 is 0 Å². The first-order valence-electron chi connectivity index (χ1n) is 6.53. The van der Waals surface area contributed by atoms with Crippen LogP contribution in [0.1, 0.15) is 24.1 Å². The molecule has 2 aromatic rings. The lowest BCUT2D eigenvalue weighted by molar-refractivity contribution is 0.510. The first kappa shape index (κ1) is 15.3. The van der Waals surface area contributed by atoms with Crippen LogP contribution in [-0.4, -0.2) is 6.54 Å². The second kappa shape index (κ2) is 7.07. The molecule has 0 saturated carbocycles. The molecule has 0 amide bonds. The Morgan fingerprint density at radius 2 is 1.70 bits per heavy atom. The van der Waals surface area contributed by atoms with Crippen molar-refractivity contribution in [2.24, 2.45) is 0 Å². The Labute approximate surface area is 128 Å². The van der Waals surface area contributed by atoms with Crippen molar-refractivity contribution in [3.63, 3.8) is 0 Å². The van der Waals surface area contributed by atoms with Gasteiger partial charge in [-0.3, -0.25) is 0 Å². The summed E-state index contributed by atoms with van der Waals surface area (Å²) >= 11 is 11.7. The maximum atomic E-state index is 14.0.